The van der Waals surface area contributed by atoms with E-state index in [9.17, 15) is 4.79 Å². The van der Waals surface area contributed by atoms with E-state index in [1.807, 2.05) is 24.3 Å². The van der Waals surface area contributed by atoms with Crippen molar-refractivity contribution in [3.05, 3.63) is 47.8 Å². The second-order valence-corrected chi connectivity index (χ2v) is 4.35. The van der Waals surface area contributed by atoms with Crippen LogP contribution in [-0.2, 0) is 6.42 Å². The number of alkyl halides is 1. The number of carbonyl (C=O) groups excluding carboxylic acids is 1. The number of carbonyl (C=O) groups is 1. The van der Waals surface area contributed by atoms with Crippen LogP contribution in [0.4, 0.5) is 5.69 Å². The molecular formula is C12H12BrN3O. The standard InChI is InChI=1S/C12H12BrN3O/c13-7-5-9-1-3-10(4-2-9)15-12(17)11-6-8-14-16-11/h1-4,6,8H,5,7H2,(H,14,16)(H,15,17). The van der Waals surface area contributed by atoms with Crippen LogP contribution < -0.4 is 5.32 Å². The number of rotatable bonds is 4. The van der Waals surface area contributed by atoms with Crippen molar-refractivity contribution in [2.24, 2.45) is 0 Å². The maximum absolute atomic E-state index is 11.7. The van der Waals surface area contributed by atoms with Gasteiger partial charge in [0.05, 0.1) is 0 Å². The van der Waals surface area contributed by atoms with Gasteiger partial charge in [-0.3, -0.25) is 9.89 Å². The smallest absolute Gasteiger partial charge is 0.273 e. The predicted octanol–water partition coefficient (Wildman–Crippen LogP) is 2.60. The molecule has 1 aromatic carbocycles. The average molecular weight is 294 g/mol. The topological polar surface area (TPSA) is 57.8 Å². The number of aryl methyl sites for hydroxylation is 1. The first kappa shape index (κ1) is 11.9. The van der Waals surface area contributed by atoms with E-state index in [0.29, 0.717) is 5.69 Å². The number of aromatic amines is 1. The maximum Gasteiger partial charge on any atom is 0.273 e. The molecule has 0 aliphatic heterocycles. The zero-order chi connectivity index (χ0) is 12.1. The maximum atomic E-state index is 11.7. The first-order valence-corrected chi connectivity index (χ1v) is 6.37. The minimum Gasteiger partial charge on any atom is -0.321 e. The van der Waals surface area contributed by atoms with Crippen LogP contribution in [0.2, 0.25) is 0 Å². The largest absolute Gasteiger partial charge is 0.321 e. The molecule has 1 heterocycles. The lowest BCUT2D eigenvalue weighted by Gasteiger charge is -2.04. The summed E-state index contributed by atoms with van der Waals surface area (Å²) in [6.07, 6.45) is 2.53. The van der Waals surface area contributed by atoms with Crippen LogP contribution in [0.3, 0.4) is 0 Å². The molecule has 0 radical (unpaired) electrons. The number of hydrogen-bond donors (Lipinski definition) is 2. The summed E-state index contributed by atoms with van der Waals surface area (Å²) in [6.45, 7) is 0. The molecule has 0 aliphatic carbocycles. The van der Waals surface area contributed by atoms with E-state index in [-0.39, 0.29) is 5.91 Å². The van der Waals surface area contributed by atoms with Gasteiger partial charge in [-0.25, -0.2) is 0 Å². The molecule has 0 fully saturated rings. The quantitative estimate of drug-likeness (QED) is 0.852. The Balaban J connectivity index is 2.01. The molecule has 0 saturated heterocycles. The van der Waals surface area contributed by atoms with E-state index in [0.717, 1.165) is 17.4 Å². The molecule has 0 saturated carbocycles. The molecule has 1 amide bonds. The van der Waals surface area contributed by atoms with Crippen LogP contribution in [0.25, 0.3) is 0 Å². The Kier molecular flexibility index (Phi) is 3.93. The molecule has 2 N–H and O–H groups in total. The number of halogens is 1. The summed E-state index contributed by atoms with van der Waals surface area (Å²) in [6, 6.07) is 9.43. The molecule has 0 spiro atoms. The Morgan fingerprint density at radius 2 is 2.06 bits per heavy atom. The van der Waals surface area contributed by atoms with E-state index in [2.05, 4.69) is 31.4 Å². The Bertz CT molecular complexity index is 479. The molecule has 0 aliphatic rings. The molecule has 0 atom stereocenters. The van der Waals surface area contributed by atoms with Crippen LogP contribution >= 0.6 is 15.9 Å². The number of benzene rings is 1. The third-order valence-corrected chi connectivity index (χ3v) is 2.74. The van der Waals surface area contributed by atoms with Crippen LogP contribution in [0.15, 0.2) is 36.5 Å². The van der Waals surface area contributed by atoms with Crippen molar-refractivity contribution in [2.75, 3.05) is 10.6 Å². The Hall–Kier alpha value is -1.62. The highest BCUT2D eigenvalue weighted by atomic mass is 79.9. The van der Waals surface area contributed by atoms with Crippen molar-refractivity contribution < 1.29 is 4.79 Å². The van der Waals surface area contributed by atoms with E-state index < -0.39 is 0 Å². The Morgan fingerprint density at radius 3 is 2.65 bits per heavy atom. The van der Waals surface area contributed by atoms with Gasteiger partial charge in [-0.2, -0.15) is 5.10 Å². The minimum absolute atomic E-state index is 0.184. The van der Waals surface area contributed by atoms with Gasteiger partial charge in [0.25, 0.3) is 5.91 Å². The lowest BCUT2D eigenvalue weighted by atomic mass is 10.1. The second-order valence-electron chi connectivity index (χ2n) is 3.56. The first-order chi connectivity index (χ1) is 8.29. The highest BCUT2D eigenvalue weighted by Crippen LogP contribution is 2.11. The van der Waals surface area contributed by atoms with Gasteiger partial charge in [0.15, 0.2) is 0 Å². The van der Waals surface area contributed by atoms with Gasteiger partial charge < -0.3 is 5.32 Å². The lowest BCUT2D eigenvalue weighted by Crippen LogP contribution is -2.12. The van der Waals surface area contributed by atoms with Crippen molar-refractivity contribution in [3.8, 4) is 0 Å². The van der Waals surface area contributed by atoms with Crippen LogP contribution in [0, 0.1) is 0 Å². The van der Waals surface area contributed by atoms with E-state index >= 15 is 0 Å². The molecular weight excluding hydrogens is 282 g/mol. The lowest BCUT2D eigenvalue weighted by molar-refractivity contribution is 0.102. The van der Waals surface area contributed by atoms with Crippen molar-refractivity contribution >= 4 is 27.5 Å². The number of aromatic nitrogens is 2. The van der Waals surface area contributed by atoms with Crippen molar-refractivity contribution in [2.45, 2.75) is 6.42 Å². The summed E-state index contributed by atoms with van der Waals surface area (Å²) in [5.74, 6) is -0.184. The fourth-order valence-electron chi connectivity index (χ4n) is 1.44. The zero-order valence-corrected chi connectivity index (χ0v) is 10.7. The fourth-order valence-corrected chi connectivity index (χ4v) is 1.90. The van der Waals surface area contributed by atoms with Gasteiger partial charge >= 0.3 is 0 Å². The number of nitrogens with one attached hydrogen (secondary N) is 2. The Morgan fingerprint density at radius 1 is 1.29 bits per heavy atom. The number of anilines is 1. The third-order valence-electron chi connectivity index (χ3n) is 2.34. The van der Waals surface area contributed by atoms with Crippen molar-refractivity contribution in [1.82, 2.24) is 10.2 Å². The number of amides is 1. The van der Waals surface area contributed by atoms with Gasteiger partial charge in [-0.05, 0) is 30.2 Å². The molecule has 0 bridgehead atoms. The molecule has 0 unspecified atom stereocenters. The van der Waals surface area contributed by atoms with Gasteiger partial charge in [0.2, 0.25) is 0 Å². The van der Waals surface area contributed by atoms with Gasteiger partial charge in [-0.1, -0.05) is 28.1 Å². The molecule has 2 aromatic rings. The van der Waals surface area contributed by atoms with Crippen molar-refractivity contribution in [1.29, 1.82) is 0 Å². The molecule has 2 rings (SSSR count). The number of H-pyrrole nitrogens is 1. The van der Waals surface area contributed by atoms with Gasteiger partial charge in [0, 0.05) is 17.2 Å². The summed E-state index contributed by atoms with van der Waals surface area (Å²) in [5.41, 5.74) is 2.47. The van der Waals surface area contributed by atoms with E-state index in [1.54, 1.807) is 12.3 Å². The number of nitrogens with zero attached hydrogens (tertiary/aromatic N) is 1. The first-order valence-electron chi connectivity index (χ1n) is 5.25. The fraction of sp³-hybridized carbons (Fsp3) is 0.167. The summed E-state index contributed by atoms with van der Waals surface area (Å²) >= 11 is 3.39. The third kappa shape index (κ3) is 3.17. The molecule has 17 heavy (non-hydrogen) atoms. The predicted molar refractivity (Wildman–Crippen MR) is 70.5 cm³/mol. The SMILES string of the molecule is O=C(Nc1ccc(CCBr)cc1)c1ccn[nH]1. The van der Waals surface area contributed by atoms with E-state index in [4.69, 9.17) is 0 Å². The summed E-state index contributed by atoms with van der Waals surface area (Å²) in [5, 5.41) is 10.1. The van der Waals surface area contributed by atoms with Gasteiger partial charge in [0.1, 0.15) is 5.69 Å². The second kappa shape index (κ2) is 5.63. The summed E-state index contributed by atoms with van der Waals surface area (Å²) < 4.78 is 0. The monoisotopic (exact) mass is 293 g/mol. The van der Waals surface area contributed by atoms with Gasteiger partial charge in [-0.15, -0.1) is 0 Å². The van der Waals surface area contributed by atoms with Crippen LogP contribution in [0.1, 0.15) is 16.1 Å². The van der Waals surface area contributed by atoms with Crippen molar-refractivity contribution in [3.63, 3.8) is 0 Å². The number of hydrogen-bond acceptors (Lipinski definition) is 2. The van der Waals surface area contributed by atoms with E-state index in [1.165, 1.54) is 5.56 Å². The highest BCUT2D eigenvalue weighted by Gasteiger charge is 2.06. The average Bonchev–Trinajstić information content (AvgIpc) is 2.86. The highest BCUT2D eigenvalue weighted by molar-refractivity contribution is 9.09. The molecule has 5 heteroatoms. The van der Waals surface area contributed by atoms with Crippen LogP contribution in [0.5, 0.6) is 0 Å². The minimum atomic E-state index is -0.184. The Labute approximate surface area is 108 Å². The molecule has 88 valence electrons. The van der Waals surface area contributed by atoms with Crippen LogP contribution in [-0.4, -0.2) is 21.4 Å². The normalized spacial score (nSPS) is 10.2. The molecule has 4 nitrogen and oxygen atoms in total. The zero-order valence-electron chi connectivity index (χ0n) is 9.11. The molecule has 1 aromatic heterocycles. The summed E-state index contributed by atoms with van der Waals surface area (Å²) in [4.78, 5) is 11.7. The summed E-state index contributed by atoms with van der Waals surface area (Å²) in [7, 11) is 0.